The van der Waals surface area contributed by atoms with Crippen LogP contribution in [0.15, 0.2) is 48.5 Å². The average Bonchev–Trinajstić information content (AvgIpc) is 3.02. The van der Waals surface area contributed by atoms with Gasteiger partial charge in [-0.25, -0.2) is 4.39 Å². The molecule has 27 heavy (non-hydrogen) atoms. The maximum absolute atomic E-state index is 13.6. The number of carbonyl (C=O) groups excluding carboxylic acids is 2. The summed E-state index contributed by atoms with van der Waals surface area (Å²) < 4.78 is 53.1. The molecule has 1 unspecified atom stereocenters. The fourth-order valence-corrected chi connectivity index (χ4v) is 3.03. The van der Waals surface area contributed by atoms with Gasteiger partial charge >= 0.3 is 6.18 Å². The third kappa shape index (κ3) is 4.10. The topological polar surface area (TPSA) is 49.4 Å². The smallest absolute Gasteiger partial charge is 0.352 e. The Labute approximate surface area is 152 Å². The number of rotatable bonds is 4. The maximum Gasteiger partial charge on any atom is 0.418 e. The van der Waals surface area contributed by atoms with E-state index in [4.69, 9.17) is 0 Å². The lowest BCUT2D eigenvalue weighted by molar-refractivity contribution is -0.137. The number of benzene rings is 2. The van der Waals surface area contributed by atoms with Crippen molar-refractivity contribution < 1.29 is 27.2 Å². The molecule has 1 saturated heterocycles. The lowest BCUT2D eigenvalue weighted by atomic mass is 10.1. The molecule has 0 spiro atoms. The number of nitrogens with one attached hydrogen (secondary N) is 1. The molecule has 1 atom stereocenters. The van der Waals surface area contributed by atoms with E-state index >= 15 is 0 Å². The molecule has 0 saturated carbocycles. The summed E-state index contributed by atoms with van der Waals surface area (Å²) in [5.74, 6) is -2.33. The molecule has 3 rings (SSSR count). The number of amides is 2. The van der Waals surface area contributed by atoms with Crippen LogP contribution in [-0.4, -0.2) is 18.4 Å². The number of carbonyl (C=O) groups is 2. The minimum atomic E-state index is -4.61. The first-order chi connectivity index (χ1) is 12.8. The number of para-hydroxylation sites is 1. The molecule has 0 aromatic heterocycles. The fraction of sp³-hybridized carbons (Fsp3) is 0.263. The zero-order chi connectivity index (χ0) is 19.6. The molecule has 1 aliphatic rings. The minimum Gasteiger partial charge on any atom is -0.352 e. The Morgan fingerprint density at radius 3 is 2.48 bits per heavy atom. The average molecular weight is 380 g/mol. The SMILES string of the molecule is O=C(NCc1ccccc1F)C1CC(=O)N(c2ccccc2C(F)(F)F)C1. The van der Waals surface area contributed by atoms with Crippen LogP contribution in [0.4, 0.5) is 23.2 Å². The molecule has 142 valence electrons. The van der Waals surface area contributed by atoms with Crippen molar-refractivity contribution in [3.8, 4) is 0 Å². The van der Waals surface area contributed by atoms with Crippen LogP contribution in [0.3, 0.4) is 0 Å². The number of anilines is 1. The van der Waals surface area contributed by atoms with Crippen LogP contribution in [-0.2, 0) is 22.3 Å². The van der Waals surface area contributed by atoms with E-state index in [1.54, 1.807) is 6.07 Å². The van der Waals surface area contributed by atoms with E-state index in [-0.39, 0.29) is 30.8 Å². The standard InChI is InChI=1S/C19H16F4N2O2/c20-15-7-3-1-5-12(15)10-24-18(27)13-9-17(26)25(11-13)16-8-4-2-6-14(16)19(21,22)23/h1-8,13H,9-11H2,(H,24,27). The van der Waals surface area contributed by atoms with E-state index in [0.717, 1.165) is 11.0 Å². The summed E-state index contributed by atoms with van der Waals surface area (Å²) in [7, 11) is 0. The fourth-order valence-electron chi connectivity index (χ4n) is 3.03. The van der Waals surface area contributed by atoms with Gasteiger partial charge in [-0.1, -0.05) is 30.3 Å². The normalized spacial score (nSPS) is 17.3. The van der Waals surface area contributed by atoms with Crippen molar-refractivity contribution in [2.45, 2.75) is 19.1 Å². The van der Waals surface area contributed by atoms with Crippen molar-refractivity contribution in [2.24, 2.45) is 5.92 Å². The second kappa shape index (κ2) is 7.38. The van der Waals surface area contributed by atoms with Gasteiger partial charge in [-0.3, -0.25) is 9.59 Å². The highest BCUT2D eigenvalue weighted by molar-refractivity contribution is 6.00. The van der Waals surface area contributed by atoms with E-state index < -0.39 is 35.3 Å². The van der Waals surface area contributed by atoms with Crippen molar-refractivity contribution in [3.05, 3.63) is 65.5 Å². The van der Waals surface area contributed by atoms with Gasteiger partial charge in [0.2, 0.25) is 11.8 Å². The maximum atomic E-state index is 13.6. The number of halogens is 4. The zero-order valence-electron chi connectivity index (χ0n) is 14.1. The highest BCUT2D eigenvalue weighted by Gasteiger charge is 2.40. The van der Waals surface area contributed by atoms with Gasteiger partial charge in [-0.2, -0.15) is 13.2 Å². The molecule has 1 heterocycles. The Hall–Kier alpha value is -2.90. The molecular weight excluding hydrogens is 364 g/mol. The second-order valence-corrected chi connectivity index (χ2v) is 6.23. The number of hydrogen-bond donors (Lipinski definition) is 1. The molecule has 0 radical (unpaired) electrons. The zero-order valence-corrected chi connectivity index (χ0v) is 14.1. The van der Waals surface area contributed by atoms with Crippen molar-refractivity contribution in [2.75, 3.05) is 11.4 Å². The molecule has 2 amide bonds. The van der Waals surface area contributed by atoms with Gasteiger partial charge in [-0.05, 0) is 18.2 Å². The summed E-state index contributed by atoms with van der Waals surface area (Å²) >= 11 is 0. The molecule has 2 aromatic carbocycles. The van der Waals surface area contributed by atoms with Crippen LogP contribution < -0.4 is 10.2 Å². The second-order valence-electron chi connectivity index (χ2n) is 6.23. The number of alkyl halides is 3. The van der Waals surface area contributed by atoms with Gasteiger partial charge in [0.25, 0.3) is 0 Å². The first-order valence-corrected chi connectivity index (χ1v) is 8.25. The van der Waals surface area contributed by atoms with Crippen LogP contribution >= 0.6 is 0 Å². The van der Waals surface area contributed by atoms with Gasteiger partial charge in [0.15, 0.2) is 0 Å². The Morgan fingerprint density at radius 1 is 1.11 bits per heavy atom. The third-order valence-electron chi connectivity index (χ3n) is 4.41. The van der Waals surface area contributed by atoms with Crippen molar-refractivity contribution in [1.82, 2.24) is 5.32 Å². The molecule has 0 aliphatic carbocycles. The van der Waals surface area contributed by atoms with Crippen LogP contribution in [0.2, 0.25) is 0 Å². The molecule has 1 aliphatic heterocycles. The van der Waals surface area contributed by atoms with Crippen molar-refractivity contribution in [3.63, 3.8) is 0 Å². The van der Waals surface area contributed by atoms with Gasteiger partial charge in [0.1, 0.15) is 5.82 Å². The largest absolute Gasteiger partial charge is 0.418 e. The Kier molecular flexibility index (Phi) is 5.16. The minimum absolute atomic E-state index is 0.0602. The highest BCUT2D eigenvalue weighted by atomic mass is 19.4. The summed E-state index contributed by atoms with van der Waals surface area (Å²) in [5.41, 5.74) is -0.903. The summed E-state index contributed by atoms with van der Waals surface area (Å²) in [6.07, 6.45) is -4.81. The first-order valence-electron chi connectivity index (χ1n) is 8.25. The summed E-state index contributed by atoms with van der Waals surface area (Å²) in [6, 6.07) is 10.7. The van der Waals surface area contributed by atoms with E-state index in [1.807, 2.05) is 0 Å². The summed E-state index contributed by atoms with van der Waals surface area (Å²) in [6.45, 7) is -0.218. The molecule has 1 N–H and O–H groups in total. The predicted molar refractivity (Wildman–Crippen MR) is 90.2 cm³/mol. The van der Waals surface area contributed by atoms with E-state index in [2.05, 4.69) is 5.32 Å². The van der Waals surface area contributed by atoms with Crippen LogP contribution in [0.5, 0.6) is 0 Å². The van der Waals surface area contributed by atoms with Crippen molar-refractivity contribution in [1.29, 1.82) is 0 Å². The Balaban J connectivity index is 1.71. The van der Waals surface area contributed by atoms with Gasteiger partial charge in [-0.15, -0.1) is 0 Å². The number of hydrogen-bond acceptors (Lipinski definition) is 2. The Bertz CT molecular complexity index is 867. The molecule has 1 fully saturated rings. The van der Waals surface area contributed by atoms with Crippen LogP contribution in [0.1, 0.15) is 17.5 Å². The molecule has 0 bridgehead atoms. The lowest BCUT2D eigenvalue weighted by Crippen LogP contribution is -2.33. The monoisotopic (exact) mass is 380 g/mol. The van der Waals surface area contributed by atoms with Gasteiger partial charge < -0.3 is 10.2 Å². The van der Waals surface area contributed by atoms with E-state index in [0.29, 0.717) is 0 Å². The van der Waals surface area contributed by atoms with E-state index in [1.165, 1.54) is 36.4 Å². The summed E-state index contributed by atoms with van der Waals surface area (Å²) in [4.78, 5) is 25.5. The quantitative estimate of drug-likeness (QED) is 0.826. The molecule has 4 nitrogen and oxygen atoms in total. The first kappa shape index (κ1) is 18.9. The number of nitrogens with zero attached hydrogens (tertiary/aromatic N) is 1. The van der Waals surface area contributed by atoms with E-state index in [9.17, 15) is 27.2 Å². The van der Waals surface area contributed by atoms with Gasteiger partial charge in [0.05, 0.1) is 17.2 Å². The van der Waals surface area contributed by atoms with Gasteiger partial charge in [0, 0.05) is 25.1 Å². The van der Waals surface area contributed by atoms with Crippen LogP contribution in [0, 0.1) is 11.7 Å². The molecular formula is C19H16F4N2O2. The predicted octanol–water partition coefficient (Wildman–Crippen LogP) is 3.51. The molecule has 8 heteroatoms. The Morgan fingerprint density at radius 2 is 1.78 bits per heavy atom. The van der Waals surface area contributed by atoms with Crippen molar-refractivity contribution >= 4 is 17.5 Å². The van der Waals surface area contributed by atoms with Crippen LogP contribution in [0.25, 0.3) is 0 Å². The highest BCUT2D eigenvalue weighted by Crippen LogP contribution is 2.38. The lowest BCUT2D eigenvalue weighted by Gasteiger charge is -2.21. The third-order valence-corrected chi connectivity index (χ3v) is 4.41. The summed E-state index contributed by atoms with van der Waals surface area (Å²) in [5, 5.41) is 2.54. The molecule has 2 aromatic rings.